The van der Waals surface area contributed by atoms with Crippen molar-refractivity contribution < 1.29 is 21.6 Å². The summed E-state index contributed by atoms with van der Waals surface area (Å²) in [6.07, 6.45) is -3.34. The second kappa shape index (κ2) is 7.75. The molecule has 2 rings (SSSR count). The highest BCUT2D eigenvalue weighted by molar-refractivity contribution is 7.71. The zero-order chi connectivity index (χ0) is 19.5. The Hall–Kier alpha value is -1.93. The third-order valence-electron chi connectivity index (χ3n) is 3.57. The summed E-state index contributed by atoms with van der Waals surface area (Å²) in [4.78, 5) is 3.47. The number of nitrogens with one attached hydrogen (secondary N) is 1. The van der Waals surface area contributed by atoms with Crippen molar-refractivity contribution in [1.82, 2.24) is 10.3 Å². The summed E-state index contributed by atoms with van der Waals surface area (Å²) in [5.41, 5.74) is 1.47. The molecule has 0 aliphatic heterocycles. The van der Waals surface area contributed by atoms with Gasteiger partial charge in [0.05, 0.1) is 5.75 Å². The summed E-state index contributed by atoms with van der Waals surface area (Å²) >= 11 is 0. The molecule has 0 aliphatic rings. The minimum absolute atomic E-state index is 0.125. The molecule has 0 saturated heterocycles. The largest absolute Gasteiger partial charge is 0.433 e. The van der Waals surface area contributed by atoms with Crippen LogP contribution in [0.25, 0.3) is 11.1 Å². The molecule has 0 bridgehead atoms. The van der Waals surface area contributed by atoms with E-state index in [1.165, 1.54) is 6.07 Å². The monoisotopic (exact) mass is 386 g/mol. The molecule has 26 heavy (non-hydrogen) atoms. The molecular weight excluding hydrogens is 365 g/mol. The molecule has 142 valence electrons. The van der Waals surface area contributed by atoms with Crippen LogP contribution >= 0.6 is 0 Å². The van der Waals surface area contributed by atoms with Crippen molar-refractivity contribution in [2.45, 2.75) is 44.8 Å². The normalized spacial score (nSPS) is 12.6. The molecule has 0 radical (unpaired) electrons. The Bertz CT molecular complexity index is 831. The summed E-state index contributed by atoms with van der Waals surface area (Å²) in [7, 11) is -2.61. The van der Waals surface area contributed by atoms with Crippen LogP contribution in [-0.4, -0.2) is 18.9 Å². The van der Waals surface area contributed by atoms with Crippen molar-refractivity contribution in [3.63, 3.8) is 0 Å². The molecule has 1 aromatic carbocycles. The number of alkyl halides is 3. The van der Waals surface area contributed by atoms with E-state index < -0.39 is 22.6 Å². The van der Waals surface area contributed by atoms with Crippen molar-refractivity contribution >= 4 is 10.7 Å². The fourth-order valence-electron chi connectivity index (χ4n) is 2.37. The number of benzene rings is 1. The van der Waals surface area contributed by atoms with E-state index in [2.05, 4.69) is 10.3 Å². The van der Waals surface area contributed by atoms with Crippen molar-refractivity contribution in [2.24, 2.45) is 0 Å². The molecule has 0 atom stereocenters. The maximum absolute atomic E-state index is 12.7. The van der Waals surface area contributed by atoms with Crippen LogP contribution in [0.2, 0.25) is 0 Å². The third kappa shape index (κ3) is 6.10. The smallest absolute Gasteiger partial charge is 0.308 e. The van der Waals surface area contributed by atoms with E-state index >= 15 is 0 Å². The van der Waals surface area contributed by atoms with Crippen LogP contribution in [0.4, 0.5) is 13.2 Å². The second-order valence-corrected chi connectivity index (χ2v) is 8.04. The van der Waals surface area contributed by atoms with Gasteiger partial charge in [-0.15, -0.1) is 0 Å². The minimum Gasteiger partial charge on any atom is -0.308 e. The van der Waals surface area contributed by atoms with Gasteiger partial charge in [0.25, 0.3) is 0 Å². The van der Waals surface area contributed by atoms with Crippen LogP contribution in [0.1, 0.15) is 37.6 Å². The average molecular weight is 386 g/mol. The van der Waals surface area contributed by atoms with E-state index in [1.54, 1.807) is 12.1 Å². The van der Waals surface area contributed by atoms with E-state index in [0.717, 1.165) is 17.8 Å². The lowest BCUT2D eigenvalue weighted by Gasteiger charge is -2.21. The number of nitrogens with zero attached hydrogens (tertiary/aromatic N) is 1. The first-order valence-electron chi connectivity index (χ1n) is 7.97. The van der Waals surface area contributed by atoms with Gasteiger partial charge in [0.15, 0.2) is 0 Å². The van der Waals surface area contributed by atoms with Crippen LogP contribution in [0.5, 0.6) is 0 Å². The summed E-state index contributed by atoms with van der Waals surface area (Å²) < 4.78 is 60.2. The minimum atomic E-state index is -4.50. The van der Waals surface area contributed by atoms with E-state index in [-0.39, 0.29) is 11.3 Å². The van der Waals surface area contributed by atoms with Crippen molar-refractivity contribution in [2.75, 3.05) is 0 Å². The molecule has 1 N–H and O–H groups in total. The molecule has 0 amide bonds. The highest BCUT2D eigenvalue weighted by atomic mass is 32.2. The predicted octanol–water partition coefficient (Wildman–Crippen LogP) is 3.77. The fraction of sp³-hybridized carbons (Fsp3) is 0.389. The highest BCUT2D eigenvalue weighted by Gasteiger charge is 2.32. The van der Waals surface area contributed by atoms with Crippen molar-refractivity contribution in [3.05, 3.63) is 53.3 Å². The lowest BCUT2D eigenvalue weighted by atomic mass is 10.0. The molecule has 0 saturated carbocycles. The molecular formula is C18H21F3N2O2S. The van der Waals surface area contributed by atoms with Gasteiger partial charge in [-0.1, -0.05) is 18.2 Å². The third-order valence-corrected chi connectivity index (χ3v) is 4.20. The predicted molar refractivity (Wildman–Crippen MR) is 95.3 cm³/mol. The highest BCUT2D eigenvalue weighted by Crippen LogP contribution is 2.29. The lowest BCUT2D eigenvalue weighted by molar-refractivity contribution is -0.141. The Morgan fingerprint density at radius 2 is 1.65 bits per heavy atom. The number of halogens is 3. The summed E-state index contributed by atoms with van der Waals surface area (Å²) in [6, 6.07) is 7.53. The Morgan fingerprint density at radius 3 is 2.15 bits per heavy atom. The van der Waals surface area contributed by atoms with Gasteiger partial charge in [-0.2, -0.15) is 13.2 Å². The van der Waals surface area contributed by atoms with Gasteiger partial charge < -0.3 is 5.32 Å². The standard InChI is InChI=1S/C18H21F3N2O2S/c1-17(2,3)23-9-12-6-13(11-26(24)25)8-15(7-12)14-4-5-16(22-10-14)18(19,20)21/h4-8,10,23,26H,9,11H2,1-3H3. The first-order valence-corrected chi connectivity index (χ1v) is 9.33. The maximum Gasteiger partial charge on any atom is 0.433 e. The Kier molecular flexibility index (Phi) is 6.08. The number of hydrogen-bond donors (Lipinski definition) is 2. The molecule has 1 heterocycles. The fourth-order valence-corrected chi connectivity index (χ4v) is 2.85. The van der Waals surface area contributed by atoms with E-state index in [0.29, 0.717) is 23.2 Å². The number of pyridine rings is 1. The van der Waals surface area contributed by atoms with Gasteiger partial charge in [0.2, 0.25) is 0 Å². The van der Waals surface area contributed by atoms with Gasteiger partial charge in [0, 0.05) is 23.8 Å². The first-order chi connectivity index (χ1) is 11.9. The molecule has 0 spiro atoms. The van der Waals surface area contributed by atoms with Gasteiger partial charge in [-0.3, -0.25) is 4.98 Å². The van der Waals surface area contributed by atoms with Gasteiger partial charge >= 0.3 is 6.18 Å². The Morgan fingerprint density at radius 1 is 1.00 bits per heavy atom. The van der Waals surface area contributed by atoms with Crippen molar-refractivity contribution in [3.8, 4) is 11.1 Å². The number of rotatable bonds is 5. The van der Waals surface area contributed by atoms with Gasteiger partial charge in [-0.05, 0) is 49.6 Å². The SMILES string of the molecule is CC(C)(C)NCc1cc(C[SH](=O)=O)cc(-c2ccc(C(F)(F)F)nc2)c1. The number of aromatic nitrogens is 1. The van der Waals surface area contributed by atoms with Crippen LogP contribution in [-0.2, 0) is 29.2 Å². The molecule has 8 heteroatoms. The van der Waals surface area contributed by atoms with E-state index in [4.69, 9.17) is 0 Å². The van der Waals surface area contributed by atoms with Crippen LogP contribution in [0.3, 0.4) is 0 Å². The van der Waals surface area contributed by atoms with Crippen molar-refractivity contribution in [1.29, 1.82) is 0 Å². The first kappa shape index (κ1) is 20.4. The van der Waals surface area contributed by atoms with Gasteiger partial charge in [-0.25, -0.2) is 8.42 Å². The van der Waals surface area contributed by atoms with Crippen LogP contribution in [0.15, 0.2) is 36.5 Å². The topological polar surface area (TPSA) is 59.1 Å². The van der Waals surface area contributed by atoms with Gasteiger partial charge in [0.1, 0.15) is 16.4 Å². The molecule has 1 aromatic heterocycles. The average Bonchev–Trinajstić information content (AvgIpc) is 2.51. The quantitative estimate of drug-likeness (QED) is 0.768. The molecule has 2 aromatic rings. The molecule has 0 aliphatic carbocycles. The second-order valence-electron chi connectivity index (χ2n) is 7.06. The molecule has 4 nitrogen and oxygen atoms in total. The Balaban J connectivity index is 2.39. The van der Waals surface area contributed by atoms with E-state index in [1.807, 2.05) is 26.8 Å². The maximum atomic E-state index is 12.7. The Labute approximate surface area is 152 Å². The zero-order valence-electron chi connectivity index (χ0n) is 14.7. The van der Waals surface area contributed by atoms with Crippen LogP contribution in [0, 0.1) is 0 Å². The molecule has 0 unspecified atom stereocenters. The van der Waals surface area contributed by atoms with Crippen LogP contribution < -0.4 is 5.32 Å². The number of thiol groups is 1. The lowest BCUT2D eigenvalue weighted by Crippen LogP contribution is -2.35. The summed E-state index contributed by atoms with van der Waals surface area (Å²) in [5, 5.41) is 3.31. The molecule has 0 fully saturated rings. The van der Waals surface area contributed by atoms with E-state index in [9.17, 15) is 21.6 Å². The summed E-state index contributed by atoms with van der Waals surface area (Å²) in [5.74, 6) is -0.125. The number of hydrogen-bond acceptors (Lipinski definition) is 4. The zero-order valence-corrected chi connectivity index (χ0v) is 15.6. The summed E-state index contributed by atoms with van der Waals surface area (Å²) in [6.45, 7) is 6.53.